The number of benzene rings is 1. The molecule has 1 aliphatic heterocycles. The summed E-state index contributed by atoms with van der Waals surface area (Å²) < 4.78 is 1.98. The smallest absolute Gasteiger partial charge is 0.322 e. The maximum atomic E-state index is 12.7. The molecule has 0 radical (unpaired) electrons. The summed E-state index contributed by atoms with van der Waals surface area (Å²) in [4.78, 5) is 30.3. The Balaban J connectivity index is 1.68. The van der Waals surface area contributed by atoms with Crippen LogP contribution in [0, 0.1) is 0 Å². The number of amides is 3. The molecular weight excluding hydrogens is 378 g/mol. The molecule has 1 aromatic carbocycles. The van der Waals surface area contributed by atoms with Crippen molar-refractivity contribution in [2.24, 2.45) is 5.73 Å². The Labute approximate surface area is 166 Å². The van der Waals surface area contributed by atoms with E-state index in [1.54, 1.807) is 29.4 Å². The third-order valence-electron chi connectivity index (χ3n) is 4.76. The van der Waals surface area contributed by atoms with Crippen LogP contribution in [0.2, 0.25) is 5.02 Å². The number of primary amides is 1. The number of halogens is 1. The van der Waals surface area contributed by atoms with Crippen molar-refractivity contribution < 1.29 is 9.59 Å². The standard InChI is InChI=1S/C20H18ClN5O2/c21-17-16(19(22)27)15-12-25(20(28)24-14-6-8-23-9-7-14)10-11-26(15)18(17)13-4-2-1-3-5-13/h1-9H,10-12H2,(H2,22,27)(H,23,24,28). The molecule has 0 saturated heterocycles. The minimum absolute atomic E-state index is 0.238. The first-order chi connectivity index (χ1) is 13.6. The molecule has 3 amide bonds. The fourth-order valence-corrected chi connectivity index (χ4v) is 3.88. The van der Waals surface area contributed by atoms with Crippen molar-refractivity contribution in [3.63, 3.8) is 0 Å². The van der Waals surface area contributed by atoms with Gasteiger partial charge in [0.15, 0.2) is 0 Å². The van der Waals surface area contributed by atoms with Gasteiger partial charge in [-0.05, 0) is 17.7 Å². The largest absolute Gasteiger partial charge is 0.365 e. The maximum Gasteiger partial charge on any atom is 0.322 e. The average Bonchev–Trinajstić information content (AvgIpc) is 3.00. The van der Waals surface area contributed by atoms with Crippen molar-refractivity contribution >= 4 is 29.2 Å². The molecule has 3 heterocycles. The summed E-state index contributed by atoms with van der Waals surface area (Å²) in [5.41, 5.74) is 8.83. The third kappa shape index (κ3) is 3.20. The zero-order valence-electron chi connectivity index (χ0n) is 14.9. The number of nitrogens with one attached hydrogen (secondary N) is 1. The van der Waals surface area contributed by atoms with E-state index in [0.717, 1.165) is 11.3 Å². The van der Waals surface area contributed by atoms with Crippen molar-refractivity contribution in [1.29, 1.82) is 0 Å². The lowest BCUT2D eigenvalue weighted by atomic mass is 10.1. The second-order valence-electron chi connectivity index (χ2n) is 6.45. The molecule has 28 heavy (non-hydrogen) atoms. The van der Waals surface area contributed by atoms with Gasteiger partial charge in [0, 0.05) is 31.2 Å². The van der Waals surface area contributed by atoms with Crippen molar-refractivity contribution in [3.8, 4) is 11.3 Å². The molecule has 0 atom stereocenters. The topological polar surface area (TPSA) is 93.3 Å². The van der Waals surface area contributed by atoms with E-state index in [1.807, 2.05) is 34.9 Å². The molecule has 2 aromatic heterocycles. The lowest BCUT2D eigenvalue weighted by molar-refractivity contribution is 0.0997. The fraction of sp³-hybridized carbons (Fsp3) is 0.150. The van der Waals surface area contributed by atoms with Gasteiger partial charge in [-0.25, -0.2) is 4.79 Å². The van der Waals surface area contributed by atoms with E-state index in [1.165, 1.54) is 0 Å². The van der Waals surface area contributed by atoms with Gasteiger partial charge in [-0.15, -0.1) is 0 Å². The first-order valence-electron chi connectivity index (χ1n) is 8.78. The summed E-state index contributed by atoms with van der Waals surface area (Å²) in [6.07, 6.45) is 3.21. The molecule has 0 bridgehead atoms. The summed E-state index contributed by atoms with van der Waals surface area (Å²) in [5.74, 6) is -0.604. The van der Waals surface area contributed by atoms with Gasteiger partial charge in [-0.3, -0.25) is 9.78 Å². The lowest BCUT2D eigenvalue weighted by Gasteiger charge is -2.30. The third-order valence-corrected chi connectivity index (χ3v) is 5.13. The van der Waals surface area contributed by atoms with Crippen LogP contribution in [-0.4, -0.2) is 32.9 Å². The molecule has 3 aromatic rings. The molecule has 8 heteroatoms. The fourth-order valence-electron chi connectivity index (χ4n) is 3.47. The van der Waals surface area contributed by atoms with Crippen LogP contribution in [0.3, 0.4) is 0 Å². The SMILES string of the molecule is NC(=O)c1c(Cl)c(-c2ccccc2)n2c1CN(C(=O)Nc1ccncc1)CC2. The van der Waals surface area contributed by atoms with Crippen LogP contribution in [0.1, 0.15) is 16.1 Å². The molecule has 0 unspecified atom stereocenters. The first-order valence-corrected chi connectivity index (χ1v) is 9.16. The molecule has 4 rings (SSSR count). The van der Waals surface area contributed by atoms with Gasteiger partial charge in [0.2, 0.25) is 0 Å². The highest BCUT2D eigenvalue weighted by Gasteiger charge is 2.31. The Morgan fingerprint density at radius 3 is 2.46 bits per heavy atom. The van der Waals surface area contributed by atoms with Crippen molar-refractivity contribution in [3.05, 3.63) is 71.1 Å². The number of fused-ring (bicyclic) bond motifs is 1. The van der Waals surface area contributed by atoms with Gasteiger partial charge >= 0.3 is 6.03 Å². The van der Waals surface area contributed by atoms with Crippen molar-refractivity contribution in [2.45, 2.75) is 13.1 Å². The molecule has 0 aliphatic carbocycles. The second-order valence-corrected chi connectivity index (χ2v) is 6.83. The predicted octanol–water partition coefficient (Wildman–Crippen LogP) is 3.35. The number of nitrogens with zero attached hydrogens (tertiary/aromatic N) is 3. The van der Waals surface area contributed by atoms with Crippen LogP contribution in [0.4, 0.5) is 10.5 Å². The zero-order chi connectivity index (χ0) is 19.7. The normalized spacial score (nSPS) is 13.1. The number of nitrogens with two attached hydrogens (primary N) is 1. The Morgan fingerprint density at radius 1 is 1.07 bits per heavy atom. The predicted molar refractivity (Wildman–Crippen MR) is 107 cm³/mol. The summed E-state index contributed by atoms with van der Waals surface area (Å²) in [5, 5.41) is 3.16. The van der Waals surface area contributed by atoms with Crippen LogP contribution in [0.5, 0.6) is 0 Å². The van der Waals surface area contributed by atoms with E-state index in [2.05, 4.69) is 10.3 Å². The van der Waals surface area contributed by atoms with Crippen LogP contribution in [-0.2, 0) is 13.1 Å². The van der Waals surface area contributed by atoms with Gasteiger partial charge in [-0.1, -0.05) is 41.9 Å². The lowest BCUT2D eigenvalue weighted by Crippen LogP contribution is -2.41. The van der Waals surface area contributed by atoms with Crippen LogP contribution in [0.15, 0.2) is 54.9 Å². The van der Waals surface area contributed by atoms with E-state index in [4.69, 9.17) is 17.3 Å². The molecule has 0 saturated carbocycles. The number of anilines is 1. The molecule has 0 fully saturated rings. The minimum atomic E-state index is -0.604. The molecule has 0 spiro atoms. The minimum Gasteiger partial charge on any atom is -0.365 e. The average molecular weight is 396 g/mol. The van der Waals surface area contributed by atoms with E-state index in [9.17, 15) is 9.59 Å². The summed E-state index contributed by atoms with van der Waals surface area (Å²) in [7, 11) is 0. The number of pyridine rings is 1. The van der Waals surface area contributed by atoms with Gasteiger partial charge in [0.05, 0.1) is 28.5 Å². The summed E-state index contributed by atoms with van der Waals surface area (Å²) in [6, 6.07) is 12.8. The molecule has 142 valence electrons. The zero-order valence-corrected chi connectivity index (χ0v) is 15.7. The second kappa shape index (κ2) is 7.36. The Kier molecular flexibility index (Phi) is 4.75. The van der Waals surface area contributed by atoms with Gasteiger partial charge < -0.3 is 20.5 Å². The Hall–Kier alpha value is -3.32. The van der Waals surface area contributed by atoms with Gasteiger partial charge in [-0.2, -0.15) is 0 Å². The van der Waals surface area contributed by atoms with E-state index < -0.39 is 5.91 Å². The summed E-state index contributed by atoms with van der Waals surface area (Å²) in [6.45, 7) is 1.23. The quantitative estimate of drug-likeness (QED) is 0.712. The van der Waals surface area contributed by atoms with Crippen LogP contribution >= 0.6 is 11.6 Å². The molecule has 3 N–H and O–H groups in total. The number of hydrogen-bond acceptors (Lipinski definition) is 3. The highest BCUT2D eigenvalue weighted by atomic mass is 35.5. The monoisotopic (exact) mass is 395 g/mol. The van der Waals surface area contributed by atoms with E-state index >= 15 is 0 Å². The summed E-state index contributed by atoms with van der Waals surface area (Å²) >= 11 is 6.56. The highest BCUT2D eigenvalue weighted by Crippen LogP contribution is 2.37. The maximum absolute atomic E-state index is 12.7. The Bertz CT molecular complexity index is 1030. The number of aromatic nitrogens is 2. The van der Waals surface area contributed by atoms with Crippen LogP contribution in [0.25, 0.3) is 11.3 Å². The highest BCUT2D eigenvalue weighted by molar-refractivity contribution is 6.36. The van der Waals surface area contributed by atoms with Crippen molar-refractivity contribution in [1.82, 2.24) is 14.5 Å². The number of rotatable bonds is 3. The van der Waals surface area contributed by atoms with Crippen molar-refractivity contribution in [2.75, 3.05) is 11.9 Å². The molecular formula is C20H18ClN5O2. The number of urea groups is 1. The van der Waals surface area contributed by atoms with Gasteiger partial charge in [0.1, 0.15) is 0 Å². The Morgan fingerprint density at radius 2 is 1.79 bits per heavy atom. The van der Waals surface area contributed by atoms with Crippen LogP contribution < -0.4 is 11.1 Å². The molecule has 1 aliphatic rings. The first kappa shape index (κ1) is 18.1. The number of hydrogen-bond donors (Lipinski definition) is 2. The number of carbonyl (C=O) groups excluding carboxylic acids is 2. The van der Waals surface area contributed by atoms with E-state index in [0.29, 0.717) is 29.5 Å². The molecule has 7 nitrogen and oxygen atoms in total. The number of carbonyl (C=O) groups is 2. The van der Waals surface area contributed by atoms with Gasteiger partial charge in [0.25, 0.3) is 5.91 Å². The van der Waals surface area contributed by atoms with E-state index in [-0.39, 0.29) is 18.1 Å².